The van der Waals surface area contributed by atoms with Gasteiger partial charge in [-0.05, 0) is 29.0 Å². The number of hydrogen-bond acceptors (Lipinski definition) is 3. The zero-order valence-corrected chi connectivity index (χ0v) is 9.51. The minimum absolute atomic E-state index is 0.129. The fraction of sp³-hybridized carbons (Fsp3) is 0.143. The number of rotatable bonds is 4. The van der Waals surface area contributed by atoms with E-state index in [1.54, 1.807) is 36.4 Å². The van der Waals surface area contributed by atoms with Crippen LogP contribution in [0.5, 0.6) is 0 Å². The molecule has 0 N–H and O–H groups in total. The van der Waals surface area contributed by atoms with E-state index < -0.39 is 12.6 Å². The van der Waals surface area contributed by atoms with Crippen molar-refractivity contribution in [2.24, 2.45) is 0 Å². The predicted octanol–water partition coefficient (Wildman–Crippen LogP) is 1.88. The molecular weight excluding hydrogens is 232 g/mol. The Morgan fingerprint density at radius 3 is 2.56 bits per heavy atom. The number of carbonyl (C=O) groups is 1. The SMILES string of the molecule is [O]CCOC(=O)c1ccc2cc([C]=O)ccc2c1. The fourth-order valence-corrected chi connectivity index (χ4v) is 1.65. The first-order valence-corrected chi connectivity index (χ1v) is 5.42. The minimum Gasteiger partial charge on any atom is -0.460 e. The molecule has 2 rings (SSSR count). The molecule has 0 spiro atoms. The Hall–Kier alpha value is -2.20. The highest BCUT2D eigenvalue weighted by atomic mass is 16.5. The Balaban J connectivity index is 2.33. The monoisotopic (exact) mass is 242 g/mol. The molecule has 0 aliphatic rings. The lowest BCUT2D eigenvalue weighted by atomic mass is 10.0. The Labute approximate surface area is 104 Å². The summed E-state index contributed by atoms with van der Waals surface area (Å²) in [5, 5.41) is 11.9. The van der Waals surface area contributed by atoms with Crippen LogP contribution in [0.4, 0.5) is 0 Å². The van der Waals surface area contributed by atoms with E-state index in [1.807, 2.05) is 6.29 Å². The van der Waals surface area contributed by atoms with E-state index in [9.17, 15) is 14.7 Å². The molecule has 0 aliphatic heterocycles. The average Bonchev–Trinajstić information content (AvgIpc) is 2.43. The molecule has 2 radical (unpaired) electrons. The van der Waals surface area contributed by atoms with Gasteiger partial charge in [0, 0.05) is 5.56 Å². The molecule has 0 atom stereocenters. The Morgan fingerprint density at radius 1 is 1.11 bits per heavy atom. The van der Waals surface area contributed by atoms with Gasteiger partial charge in [-0.15, -0.1) is 0 Å². The molecule has 0 amide bonds. The first kappa shape index (κ1) is 12.3. The summed E-state index contributed by atoms with van der Waals surface area (Å²) >= 11 is 0. The predicted molar refractivity (Wildman–Crippen MR) is 64.6 cm³/mol. The third-order valence-corrected chi connectivity index (χ3v) is 2.51. The van der Waals surface area contributed by atoms with Crippen LogP contribution in [-0.2, 0) is 14.6 Å². The summed E-state index contributed by atoms with van der Waals surface area (Å²) in [6, 6.07) is 10.0. The number of esters is 1. The number of ether oxygens (including phenoxy) is 1. The van der Waals surface area contributed by atoms with E-state index in [2.05, 4.69) is 0 Å². The Kier molecular flexibility index (Phi) is 3.69. The zero-order chi connectivity index (χ0) is 13.0. The van der Waals surface area contributed by atoms with Gasteiger partial charge in [0.05, 0.1) is 5.56 Å². The van der Waals surface area contributed by atoms with Crippen molar-refractivity contribution in [3.63, 3.8) is 0 Å². The topological polar surface area (TPSA) is 63.3 Å². The van der Waals surface area contributed by atoms with Crippen LogP contribution >= 0.6 is 0 Å². The van der Waals surface area contributed by atoms with Crippen molar-refractivity contribution in [1.82, 2.24) is 0 Å². The van der Waals surface area contributed by atoms with Gasteiger partial charge in [-0.2, -0.15) is 0 Å². The van der Waals surface area contributed by atoms with Gasteiger partial charge in [0.25, 0.3) is 0 Å². The first-order chi connectivity index (χ1) is 8.74. The van der Waals surface area contributed by atoms with Crippen LogP contribution in [-0.4, -0.2) is 25.5 Å². The van der Waals surface area contributed by atoms with Crippen LogP contribution in [0.2, 0.25) is 0 Å². The van der Waals surface area contributed by atoms with Crippen molar-refractivity contribution < 1.29 is 19.4 Å². The summed E-state index contributed by atoms with van der Waals surface area (Å²) in [6.07, 6.45) is 1.81. The van der Waals surface area contributed by atoms with Gasteiger partial charge in [-0.1, -0.05) is 18.2 Å². The van der Waals surface area contributed by atoms with Crippen molar-refractivity contribution in [2.75, 3.05) is 13.2 Å². The maximum atomic E-state index is 11.5. The van der Waals surface area contributed by atoms with Crippen LogP contribution in [0.3, 0.4) is 0 Å². The van der Waals surface area contributed by atoms with Gasteiger partial charge in [0.15, 0.2) is 0 Å². The van der Waals surface area contributed by atoms with E-state index in [-0.39, 0.29) is 6.61 Å². The number of hydrogen-bond donors (Lipinski definition) is 0. The maximum absolute atomic E-state index is 11.5. The summed E-state index contributed by atoms with van der Waals surface area (Å²) in [4.78, 5) is 22.1. The van der Waals surface area contributed by atoms with Crippen molar-refractivity contribution in [3.8, 4) is 0 Å². The van der Waals surface area contributed by atoms with Crippen LogP contribution in [0, 0.1) is 0 Å². The average molecular weight is 242 g/mol. The van der Waals surface area contributed by atoms with E-state index >= 15 is 0 Å². The van der Waals surface area contributed by atoms with Crippen LogP contribution in [0.15, 0.2) is 36.4 Å². The lowest BCUT2D eigenvalue weighted by Crippen LogP contribution is -2.08. The van der Waals surface area contributed by atoms with E-state index in [1.165, 1.54) is 0 Å². The normalized spacial score (nSPS) is 10.3. The lowest BCUT2D eigenvalue weighted by molar-refractivity contribution is 0.0365. The Bertz CT molecular complexity index is 589. The smallest absolute Gasteiger partial charge is 0.338 e. The van der Waals surface area contributed by atoms with Gasteiger partial charge in [0.2, 0.25) is 6.29 Å². The summed E-state index contributed by atoms with van der Waals surface area (Å²) in [5.41, 5.74) is 0.850. The molecule has 0 aliphatic carbocycles. The molecule has 90 valence electrons. The fourth-order valence-electron chi connectivity index (χ4n) is 1.65. The summed E-state index contributed by atoms with van der Waals surface area (Å²) in [6.45, 7) is -0.576. The number of benzene rings is 2. The maximum Gasteiger partial charge on any atom is 0.338 e. The van der Waals surface area contributed by atoms with Gasteiger partial charge in [-0.3, -0.25) is 4.79 Å². The largest absolute Gasteiger partial charge is 0.460 e. The standard InChI is InChI=1S/C14H10O4/c15-5-6-18-14(17)13-4-3-11-7-10(9-16)1-2-12(11)8-13/h1-4,7-8H,5-6H2. The zero-order valence-electron chi connectivity index (χ0n) is 9.51. The number of carbonyl (C=O) groups excluding carboxylic acids is 2. The van der Waals surface area contributed by atoms with Crippen LogP contribution in [0.1, 0.15) is 15.9 Å². The van der Waals surface area contributed by atoms with Gasteiger partial charge in [-0.25, -0.2) is 9.90 Å². The Morgan fingerprint density at radius 2 is 1.83 bits per heavy atom. The van der Waals surface area contributed by atoms with Gasteiger partial charge in [0.1, 0.15) is 13.2 Å². The van der Waals surface area contributed by atoms with Gasteiger partial charge < -0.3 is 4.74 Å². The highest BCUT2D eigenvalue weighted by Crippen LogP contribution is 2.18. The quantitative estimate of drug-likeness (QED) is 0.769. The lowest BCUT2D eigenvalue weighted by Gasteiger charge is -2.04. The van der Waals surface area contributed by atoms with Crippen molar-refractivity contribution >= 4 is 23.0 Å². The second kappa shape index (κ2) is 5.42. The second-order valence-electron chi connectivity index (χ2n) is 3.72. The van der Waals surface area contributed by atoms with Crippen LogP contribution < -0.4 is 0 Å². The van der Waals surface area contributed by atoms with E-state index in [0.29, 0.717) is 11.1 Å². The molecule has 4 nitrogen and oxygen atoms in total. The second-order valence-corrected chi connectivity index (χ2v) is 3.72. The van der Waals surface area contributed by atoms with Crippen molar-refractivity contribution in [3.05, 3.63) is 47.5 Å². The molecule has 2 aromatic rings. The highest BCUT2D eigenvalue weighted by molar-refractivity contribution is 5.96. The molecular formula is C14H10O4. The third kappa shape index (κ3) is 2.55. The molecule has 0 fully saturated rings. The van der Waals surface area contributed by atoms with E-state index in [4.69, 9.17) is 4.74 Å². The molecule has 0 unspecified atom stereocenters. The van der Waals surface area contributed by atoms with Crippen LogP contribution in [0.25, 0.3) is 10.8 Å². The molecule has 4 heteroatoms. The minimum atomic E-state index is -0.515. The molecule has 0 heterocycles. The number of fused-ring (bicyclic) bond motifs is 1. The van der Waals surface area contributed by atoms with E-state index in [0.717, 1.165) is 10.8 Å². The summed E-state index contributed by atoms with van der Waals surface area (Å²) in [5.74, 6) is -0.515. The van der Waals surface area contributed by atoms with Crippen molar-refractivity contribution in [2.45, 2.75) is 0 Å². The highest BCUT2D eigenvalue weighted by Gasteiger charge is 2.07. The molecule has 0 saturated carbocycles. The van der Waals surface area contributed by atoms with Crippen molar-refractivity contribution in [1.29, 1.82) is 0 Å². The summed E-state index contributed by atoms with van der Waals surface area (Å²) < 4.78 is 4.76. The molecule has 0 bridgehead atoms. The molecule has 0 saturated heterocycles. The third-order valence-electron chi connectivity index (χ3n) is 2.51. The first-order valence-electron chi connectivity index (χ1n) is 5.42. The molecule has 18 heavy (non-hydrogen) atoms. The molecule has 0 aromatic heterocycles. The van der Waals surface area contributed by atoms with Gasteiger partial charge >= 0.3 is 5.97 Å². The summed E-state index contributed by atoms with van der Waals surface area (Å²) in [7, 11) is 0. The molecule has 2 aromatic carbocycles.